The summed E-state index contributed by atoms with van der Waals surface area (Å²) < 4.78 is 1.85. The molecule has 0 aliphatic carbocycles. The van der Waals surface area contributed by atoms with Crippen LogP contribution in [-0.2, 0) is 0 Å². The fourth-order valence-corrected chi connectivity index (χ4v) is 4.29. The van der Waals surface area contributed by atoms with E-state index in [4.69, 9.17) is 21.7 Å². The second kappa shape index (κ2) is 7.63. The van der Waals surface area contributed by atoms with Crippen LogP contribution in [0.3, 0.4) is 0 Å². The molecule has 0 bridgehead atoms. The average Bonchev–Trinajstić information content (AvgIpc) is 3.29. The number of benzene rings is 4. The molecular weight excluding hydrogens is 414 g/mol. The molecule has 0 aliphatic heterocycles. The van der Waals surface area contributed by atoms with Gasteiger partial charge in [0.1, 0.15) is 0 Å². The maximum atomic E-state index is 6.13. The van der Waals surface area contributed by atoms with Gasteiger partial charge in [0.25, 0.3) is 0 Å². The summed E-state index contributed by atoms with van der Waals surface area (Å²) >= 11 is 6.13. The predicted molar refractivity (Wildman–Crippen MR) is 132 cm³/mol. The molecule has 0 atom stereocenters. The third kappa shape index (κ3) is 3.33. The van der Waals surface area contributed by atoms with Crippen molar-refractivity contribution in [1.82, 2.24) is 14.6 Å². The minimum atomic E-state index is 0.711. The van der Waals surface area contributed by atoms with Crippen LogP contribution in [0.25, 0.3) is 50.1 Å². The molecule has 3 nitrogen and oxygen atoms in total. The summed E-state index contributed by atoms with van der Waals surface area (Å²) in [6, 6.07) is 35.1. The van der Waals surface area contributed by atoms with Gasteiger partial charge in [-0.25, -0.2) is 9.50 Å². The molecule has 0 radical (unpaired) electrons. The van der Waals surface area contributed by atoms with Gasteiger partial charge in [0.15, 0.2) is 11.5 Å². The van der Waals surface area contributed by atoms with E-state index in [0.29, 0.717) is 5.82 Å². The van der Waals surface area contributed by atoms with Gasteiger partial charge in [-0.2, -0.15) is 0 Å². The molecule has 0 N–H and O–H groups in total. The summed E-state index contributed by atoms with van der Waals surface area (Å²) in [7, 11) is 0. The molecule has 2 aromatic heterocycles. The molecule has 152 valence electrons. The van der Waals surface area contributed by atoms with Crippen LogP contribution in [0.1, 0.15) is 0 Å². The number of aromatic nitrogens is 3. The minimum absolute atomic E-state index is 0.711. The summed E-state index contributed by atoms with van der Waals surface area (Å²) in [6.07, 6.45) is 1.94. The second-order valence-corrected chi connectivity index (χ2v) is 8.21. The lowest BCUT2D eigenvalue weighted by atomic mass is 9.99. The number of pyridine rings is 1. The average molecular weight is 432 g/mol. The van der Waals surface area contributed by atoms with E-state index in [-0.39, 0.29) is 0 Å². The Morgan fingerprint density at radius 1 is 0.594 bits per heavy atom. The van der Waals surface area contributed by atoms with Gasteiger partial charge in [-0.15, -0.1) is 5.10 Å². The number of rotatable bonds is 3. The van der Waals surface area contributed by atoms with Gasteiger partial charge in [-0.05, 0) is 63.9 Å². The molecule has 32 heavy (non-hydrogen) atoms. The Balaban J connectivity index is 1.44. The summed E-state index contributed by atoms with van der Waals surface area (Å²) in [5.41, 5.74) is 6.30. The van der Waals surface area contributed by atoms with Crippen molar-refractivity contribution in [3.63, 3.8) is 0 Å². The normalized spacial score (nSPS) is 11.3. The van der Waals surface area contributed by atoms with Crippen molar-refractivity contribution in [3.05, 3.63) is 114 Å². The number of nitrogens with zero attached hydrogens (tertiary/aromatic N) is 3. The molecule has 0 saturated carbocycles. The Morgan fingerprint density at radius 2 is 1.34 bits per heavy atom. The number of fused-ring (bicyclic) bond motifs is 2. The van der Waals surface area contributed by atoms with Gasteiger partial charge in [0, 0.05) is 22.3 Å². The molecule has 4 aromatic carbocycles. The highest BCUT2D eigenvalue weighted by molar-refractivity contribution is 6.31. The quantitative estimate of drug-likeness (QED) is 0.289. The van der Waals surface area contributed by atoms with Gasteiger partial charge in [-0.3, -0.25) is 0 Å². The van der Waals surface area contributed by atoms with E-state index in [1.54, 1.807) is 0 Å². The lowest BCUT2D eigenvalue weighted by Crippen LogP contribution is -1.89. The molecule has 0 unspecified atom stereocenters. The fourth-order valence-electron chi connectivity index (χ4n) is 4.11. The molecule has 0 aliphatic rings. The lowest BCUT2D eigenvalue weighted by molar-refractivity contribution is 0.967. The largest absolute Gasteiger partial charge is 0.220 e. The highest BCUT2D eigenvalue weighted by Gasteiger charge is 2.12. The van der Waals surface area contributed by atoms with E-state index in [2.05, 4.69) is 66.7 Å². The van der Waals surface area contributed by atoms with E-state index in [9.17, 15) is 0 Å². The highest BCUT2D eigenvalue weighted by Crippen LogP contribution is 2.30. The molecule has 0 saturated heterocycles. The van der Waals surface area contributed by atoms with E-state index in [0.717, 1.165) is 49.3 Å². The van der Waals surface area contributed by atoms with Crippen LogP contribution < -0.4 is 0 Å². The molecule has 2 heterocycles. The van der Waals surface area contributed by atoms with E-state index in [1.807, 2.05) is 47.1 Å². The van der Waals surface area contributed by atoms with E-state index < -0.39 is 0 Å². The molecule has 0 amide bonds. The zero-order valence-corrected chi connectivity index (χ0v) is 17.9. The maximum Gasteiger partial charge on any atom is 0.182 e. The zero-order chi connectivity index (χ0) is 21.5. The number of hydrogen-bond acceptors (Lipinski definition) is 2. The summed E-state index contributed by atoms with van der Waals surface area (Å²) in [5.74, 6) is 0.711. The van der Waals surface area contributed by atoms with Crippen LogP contribution in [0.5, 0.6) is 0 Å². The summed E-state index contributed by atoms with van der Waals surface area (Å²) in [4.78, 5) is 4.89. The van der Waals surface area contributed by atoms with Crippen molar-refractivity contribution < 1.29 is 0 Å². The van der Waals surface area contributed by atoms with Crippen LogP contribution in [0.2, 0.25) is 5.02 Å². The maximum absolute atomic E-state index is 6.13. The monoisotopic (exact) mass is 431 g/mol. The first kappa shape index (κ1) is 18.8. The van der Waals surface area contributed by atoms with Crippen LogP contribution in [0, 0.1) is 0 Å². The van der Waals surface area contributed by atoms with Gasteiger partial charge >= 0.3 is 0 Å². The van der Waals surface area contributed by atoms with Gasteiger partial charge in [0.05, 0.1) is 0 Å². The Bertz CT molecular complexity index is 1590. The SMILES string of the molecule is Clc1ccc2cc(-c3cccc(-c4nc5c(-c6ccccc6)cccn5n4)c3)ccc2c1. The minimum Gasteiger partial charge on any atom is -0.220 e. The smallest absolute Gasteiger partial charge is 0.182 e. The van der Waals surface area contributed by atoms with Crippen molar-refractivity contribution >= 4 is 28.0 Å². The molecule has 6 rings (SSSR count). The first-order valence-corrected chi connectivity index (χ1v) is 10.8. The van der Waals surface area contributed by atoms with Gasteiger partial charge in [-0.1, -0.05) is 78.3 Å². The van der Waals surface area contributed by atoms with Crippen molar-refractivity contribution in [3.8, 4) is 33.6 Å². The Kier molecular flexibility index (Phi) is 4.48. The number of halogens is 1. The first-order chi connectivity index (χ1) is 15.7. The van der Waals surface area contributed by atoms with Crippen molar-refractivity contribution in [2.24, 2.45) is 0 Å². The highest BCUT2D eigenvalue weighted by atomic mass is 35.5. The van der Waals surface area contributed by atoms with Crippen molar-refractivity contribution in [2.75, 3.05) is 0 Å². The molecule has 6 aromatic rings. The Morgan fingerprint density at radius 3 is 2.25 bits per heavy atom. The van der Waals surface area contributed by atoms with Crippen molar-refractivity contribution in [1.29, 1.82) is 0 Å². The van der Waals surface area contributed by atoms with E-state index >= 15 is 0 Å². The third-order valence-electron chi connectivity index (χ3n) is 5.70. The second-order valence-electron chi connectivity index (χ2n) is 7.78. The standard InChI is InChI=1S/C28H18ClN3/c29-25-14-13-22-16-21(11-12-23(22)18-25)20-8-4-9-24(17-20)27-30-28-26(10-5-15-32(28)31-27)19-6-2-1-3-7-19/h1-18H. The van der Waals surface area contributed by atoms with Crippen LogP contribution in [0.4, 0.5) is 0 Å². The number of hydrogen-bond donors (Lipinski definition) is 0. The van der Waals surface area contributed by atoms with E-state index in [1.165, 1.54) is 0 Å². The fraction of sp³-hybridized carbons (Fsp3) is 0. The Labute approximate surface area is 190 Å². The molecule has 0 spiro atoms. The van der Waals surface area contributed by atoms with Gasteiger partial charge in [0.2, 0.25) is 0 Å². The first-order valence-electron chi connectivity index (χ1n) is 10.5. The molecule has 0 fully saturated rings. The predicted octanol–water partition coefficient (Wildman–Crippen LogP) is 7.54. The molecule has 4 heteroatoms. The third-order valence-corrected chi connectivity index (χ3v) is 5.94. The van der Waals surface area contributed by atoms with Gasteiger partial charge < -0.3 is 0 Å². The van der Waals surface area contributed by atoms with Crippen LogP contribution in [0.15, 0.2) is 109 Å². The van der Waals surface area contributed by atoms with Crippen LogP contribution in [-0.4, -0.2) is 14.6 Å². The lowest BCUT2D eigenvalue weighted by Gasteiger charge is -2.06. The molecular formula is C28H18ClN3. The zero-order valence-electron chi connectivity index (χ0n) is 17.1. The van der Waals surface area contributed by atoms with Crippen molar-refractivity contribution in [2.45, 2.75) is 0 Å². The topological polar surface area (TPSA) is 30.2 Å². The summed E-state index contributed by atoms with van der Waals surface area (Å²) in [6.45, 7) is 0. The van der Waals surface area contributed by atoms with Crippen LogP contribution >= 0.6 is 11.6 Å². The Hall–Kier alpha value is -3.95. The summed E-state index contributed by atoms with van der Waals surface area (Å²) in [5, 5.41) is 7.80.